The van der Waals surface area contributed by atoms with Gasteiger partial charge in [-0.15, -0.1) is 24.0 Å². The van der Waals surface area contributed by atoms with Gasteiger partial charge in [-0.25, -0.2) is 4.99 Å². The van der Waals surface area contributed by atoms with Crippen molar-refractivity contribution in [3.63, 3.8) is 0 Å². The molecule has 1 aliphatic rings. The largest absolute Gasteiger partial charge is 0.467 e. The van der Waals surface area contributed by atoms with Crippen molar-refractivity contribution in [2.45, 2.75) is 13.0 Å². The van der Waals surface area contributed by atoms with Crippen molar-refractivity contribution in [1.82, 2.24) is 20.4 Å². The Morgan fingerprint density at radius 3 is 2.73 bits per heavy atom. The lowest BCUT2D eigenvalue weighted by atomic mass is 10.3. The summed E-state index contributed by atoms with van der Waals surface area (Å²) in [5.74, 6) is 1.41. The third-order valence-corrected chi connectivity index (χ3v) is 3.93. The third kappa shape index (κ3) is 8.86. The number of rotatable bonds is 8. The number of ether oxygens (including phenoxy) is 1. The van der Waals surface area contributed by atoms with E-state index in [1.165, 1.54) is 4.90 Å². The second kappa shape index (κ2) is 12.9. The van der Waals surface area contributed by atoms with Crippen molar-refractivity contribution >= 4 is 35.8 Å². The fourth-order valence-corrected chi connectivity index (χ4v) is 2.38. The predicted octanol–water partition coefficient (Wildman–Crippen LogP) is 0.743. The highest BCUT2D eigenvalue weighted by molar-refractivity contribution is 14.0. The van der Waals surface area contributed by atoms with Crippen LogP contribution in [0.5, 0.6) is 0 Å². The Hall–Kier alpha value is -1.33. The molecule has 0 aliphatic carbocycles. The van der Waals surface area contributed by atoms with Crippen LogP contribution in [0.15, 0.2) is 27.8 Å². The van der Waals surface area contributed by atoms with Gasteiger partial charge < -0.3 is 24.7 Å². The number of hydrogen-bond donors (Lipinski definition) is 2. The Bertz CT molecular complexity index is 531. The summed E-state index contributed by atoms with van der Waals surface area (Å²) < 4.78 is 10.7. The Labute approximate surface area is 172 Å². The summed E-state index contributed by atoms with van der Waals surface area (Å²) in [6.07, 6.45) is 2.64. The van der Waals surface area contributed by atoms with Crippen LogP contribution in [0, 0.1) is 0 Å². The van der Waals surface area contributed by atoms with Crippen LogP contribution < -0.4 is 10.6 Å². The number of furan rings is 1. The van der Waals surface area contributed by atoms with Gasteiger partial charge in [0.2, 0.25) is 5.91 Å². The van der Waals surface area contributed by atoms with E-state index in [1.54, 1.807) is 20.4 Å². The number of carbonyl (C=O) groups excluding carboxylic acids is 1. The lowest BCUT2D eigenvalue weighted by Gasteiger charge is -2.26. The summed E-state index contributed by atoms with van der Waals surface area (Å²) in [5.41, 5.74) is 0. The molecule has 8 nitrogen and oxygen atoms in total. The van der Waals surface area contributed by atoms with Crippen LogP contribution >= 0.6 is 24.0 Å². The van der Waals surface area contributed by atoms with Crippen molar-refractivity contribution in [1.29, 1.82) is 0 Å². The molecule has 0 radical (unpaired) electrons. The molecule has 1 aliphatic heterocycles. The highest BCUT2D eigenvalue weighted by Gasteiger charge is 2.10. The van der Waals surface area contributed by atoms with E-state index in [0.29, 0.717) is 12.5 Å². The van der Waals surface area contributed by atoms with Crippen LogP contribution in [0.2, 0.25) is 0 Å². The van der Waals surface area contributed by atoms with Gasteiger partial charge in [0.1, 0.15) is 12.3 Å². The molecule has 0 spiro atoms. The van der Waals surface area contributed by atoms with Crippen LogP contribution in [0.3, 0.4) is 0 Å². The average molecular weight is 479 g/mol. The Balaban J connectivity index is 0.00000338. The van der Waals surface area contributed by atoms with Crippen molar-refractivity contribution in [2.75, 3.05) is 60.0 Å². The van der Waals surface area contributed by atoms with Gasteiger partial charge in [-0.05, 0) is 25.1 Å². The van der Waals surface area contributed by atoms with Gasteiger partial charge in [0.25, 0.3) is 0 Å². The molecular formula is C17H30IN5O3. The highest BCUT2D eigenvalue weighted by Crippen LogP contribution is 1.99. The molecule has 1 fully saturated rings. The van der Waals surface area contributed by atoms with E-state index >= 15 is 0 Å². The standard InChI is InChI=1S/C17H29N5O3.HI/c1-21(2)16(23)14-20-17(19-13-15-5-3-10-25-15)18-6-4-7-22-8-11-24-12-9-22;/h3,5,10H,4,6-9,11-14H2,1-2H3,(H2,18,19,20);1H. The molecule has 0 aromatic carbocycles. The van der Waals surface area contributed by atoms with Gasteiger partial charge in [0, 0.05) is 33.7 Å². The lowest BCUT2D eigenvalue weighted by molar-refractivity contribution is -0.127. The van der Waals surface area contributed by atoms with E-state index < -0.39 is 0 Å². The van der Waals surface area contributed by atoms with Crippen LogP contribution in [0.1, 0.15) is 12.2 Å². The molecule has 2 heterocycles. The quantitative estimate of drug-likeness (QED) is 0.248. The molecule has 26 heavy (non-hydrogen) atoms. The van der Waals surface area contributed by atoms with Gasteiger partial charge in [-0.2, -0.15) is 0 Å². The highest BCUT2D eigenvalue weighted by atomic mass is 127. The number of morpholine rings is 1. The first kappa shape index (κ1) is 22.7. The van der Waals surface area contributed by atoms with Gasteiger partial charge in [0.05, 0.1) is 26.0 Å². The Morgan fingerprint density at radius 1 is 1.31 bits per heavy atom. The first-order valence-electron chi connectivity index (χ1n) is 8.70. The maximum atomic E-state index is 11.7. The zero-order valence-electron chi connectivity index (χ0n) is 15.6. The van der Waals surface area contributed by atoms with E-state index in [-0.39, 0.29) is 36.4 Å². The second-order valence-electron chi connectivity index (χ2n) is 6.12. The summed E-state index contributed by atoms with van der Waals surface area (Å²) in [4.78, 5) is 20.0. The van der Waals surface area contributed by atoms with Crippen LogP contribution in [-0.2, 0) is 16.1 Å². The minimum atomic E-state index is -0.0348. The minimum Gasteiger partial charge on any atom is -0.467 e. The first-order valence-corrected chi connectivity index (χ1v) is 8.70. The molecule has 0 unspecified atom stereocenters. The summed E-state index contributed by atoms with van der Waals surface area (Å²) in [5, 5.41) is 6.48. The van der Waals surface area contributed by atoms with E-state index in [2.05, 4.69) is 20.5 Å². The molecular weight excluding hydrogens is 449 g/mol. The first-order chi connectivity index (χ1) is 12.1. The average Bonchev–Trinajstić information content (AvgIpc) is 3.14. The maximum absolute atomic E-state index is 11.7. The minimum absolute atomic E-state index is 0. The Morgan fingerprint density at radius 2 is 2.08 bits per heavy atom. The number of guanidine groups is 1. The SMILES string of the molecule is CN(C)C(=O)CN=C(NCCCN1CCOCC1)NCc1ccco1.I. The van der Waals surface area contributed by atoms with Gasteiger partial charge in [-0.3, -0.25) is 9.69 Å². The van der Waals surface area contributed by atoms with Gasteiger partial charge in [-0.1, -0.05) is 0 Å². The number of nitrogens with one attached hydrogen (secondary N) is 2. The van der Waals surface area contributed by atoms with Gasteiger partial charge >= 0.3 is 0 Å². The summed E-state index contributed by atoms with van der Waals surface area (Å²) in [7, 11) is 3.45. The number of likely N-dealkylation sites (N-methyl/N-ethyl adjacent to an activating group) is 1. The van der Waals surface area contributed by atoms with Crippen molar-refractivity contribution in [3.8, 4) is 0 Å². The Kier molecular flexibility index (Phi) is 11.3. The number of amides is 1. The number of nitrogens with zero attached hydrogens (tertiary/aromatic N) is 3. The topological polar surface area (TPSA) is 82.3 Å². The molecule has 2 rings (SSSR count). The molecule has 1 aromatic rings. The monoisotopic (exact) mass is 479 g/mol. The second-order valence-corrected chi connectivity index (χ2v) is 6.12. The molecule has 1 aromatic heterocycles. The van der Waals surface area contributed by atoms with E-state index in [4.69, 9.17) is 9.15 Å². The number of carbonyl (C=O) groups is 1. The van der Waals surface area contributed by atoms with E-state index in [1.807, 2.05) is 12.1 Å². The van der Waals surface area contributed by atoms with Crippen molar-refractivity contribution < 1.29 is 13.9 Å². The maximum Gasteiger partial charge on any atom is 0.243 e. The summed E-state index contributed by atoms with van der Waals surface area (Å²) in [6, 6.07) is 3.74. The lowest BCUT2D eigenvalue weighted by Crippen LogP contribution is -2.41. The zero-order chi connectivity index (χ0) is 17.9. The molecule has 0 bridgehead atoms. The van der Waals surface area contributed by atoms with Crippen LogP contribution in [0.4, 0.5) is 0 Å². The fraction of sp³-hybridized carbons (Fsp3) is 0.647. The summed E-state index contributed by atoms with van der Waals surface area (Å²) in [6.45, 7) is 6.08. The molecule has 0 atom stereocenters. The van der Waals surface area contributed by atoms with Crippen molar-refractivity contribution in [2.24, 2.45) is 4.99 Å². The molecule has 1 saturated heterocycles. The molecule has 0 saturated carbocycles. The normalized spacial score (nSPS) is 15.2. The number of aliphatic imine (C=N–C) groups is 1. The van der Waals surface area contributed by atoms with Crippen LogP contribution in [-0.4, -0.2) is 81.7 Å². The molecule has 1 amide bonds. The fourth-order valence-electron chi connectivity index (χ4n) is 2.38. The number of halogens is 1. The van der Waals surface area contributed by atoms with E-state index in [0.717, 1.165) is 51.6 Å². The molecule has 148 valence electrons. The molecule has 2 N–H and O–H groups in total. The van der Waals surface area contributed by atoms with E-state index in [9.17, 15) is 4.79 Å². The third-order valence-electron chi connectivity index (χ3n) is 3.93. The summed E-state index contributed by atoms with van der Waals surface area (Å²) >= 11 is 0. The van der Waals surface area contributed by atoms with Crippen LogP contribution in [0.25, 0.3) is 0 Å². The zero-order valence-corrected chi connectivity index (χ0v) is 17.9. The van der Waals surface area contributed by atoms with Crippen molar-refractivity contribution in [3.05, 3.63) is 24.2 Å². The number of hydrogen-bond acceptors (Lipinski definition) is 5. The molecule has 9 heteroatoms. The predicted molar refractivity (Wildman–Crippen MR) is 112 cm³/mol. The smallest absolute Gasteiger partial charge is 0.243 e. The van der Waals surface area contributed by atoms with Gasteiger partial charge in [0.15, 0.2) is 5.96 Å².